The molecular weight excluding hydrogens is 333 g/mol. The average molecular weight is 347 g/mol. The first-order chi connectivity index (χ1) is 8.04. The molecule has 0 heterocycles. The van der Waals surface area contributed by atoms with Crippen molar-refractivity contribution in [1.82, 2.24) is 4.90 Å². The molecule has 92 valence electrons. The Balaban J connectivity index is 2.71. The first-order valence-corrected chi connectivity index (χ1v) is 6.35. The predicted octanol–water partition coefficient (Wildman–Crippen LogP) is 1.77. The van der Waals surface area contributed by atoms with Crippen LogP contribution in [0.4, 0.5) is 0 Å². The number of amides is 1. The lowest BCUT2D eigenvalue weighted by atomic mass is 10.1. The summed E-state index contributed by atoms with van der Waals surface area (Å²) < 4.78 is 1.02. The number of carbonyl (C=O) groups is 2. The van der Waals surface area contributed by atoms with E-state index in [-0.39, 0.29) is 18.9 Å². The van der Waals surface area contributed by atoms with E-state index in [0.717, 1.165) is 9.13 Å². The van der Waals surface area contributed by atoms with E-state index in [1.807, 2.05) is 24.3 Å². The Hall–Kier alpha value is -1.11. The third kappa shape index (κ3) is 4.33. The molecule has 0 atom stereocenters. The molecule has 0 aliphatic rings. The molecule has 0 bridgehead atoms. The predicted molar refractivity (Wildman–Crippen MR) is 72.8 cm³/mol. The van der Waals surface area contributed by atoms with E-state index < -0.39 is 5.97 Å². The van der Waals surface area contributed by atoms with Crippen LogP contribution in [0, 0.1) is 3.57 Å². The molecule has 0 saturated carbocycles. The number of rotatable bonds is 5. The highest BCUT2D eigenvalue weighted by Crippen LogP contribution is 2.13. The van der Waals surface area contributed by atoms with Gasteiger partial charge in [0.15, 0.2) is 0 Å². The Morgan fingerprint density at radius 2 is 2.00 bits per heavy atom. The molecule has 0 fully saturated rings. The summed E-state index contributed by atoms with van der Waals surface area (Å²) in [5.41, 5.74) is 0.932. The van der Waals surface area contributed by atoms with Gasteiger partial charge in [0.05, 0.1) is 6.42 Å². The van der Waals surface area contributed by atoms with Gasteiger partial charge in [-0.1, -0.05) is 18.2 Å². The fourth-order valence-electron chi connectivity index (χ4n) is 1.46. The van der Waals surface area contributed by atoms with Gasteiger partial charge in [0.1, 0.15) is 6.54 Å². The van der Waals surface area contributed by atoms with E-state index in [0.29, 0.717) is 6.54 Å². The topological polar surface area (TPSA) is 57.6 Å². The number of carboxylic acids is 1. The average Bonchev–Trinajstić information content (AvgIpc) is 2.28. The van der Waals surface area contributed by atoms with Crippen LogP contribution < -0.4 is 0 Å². The zero-order valence-electron chi connectivity index (χ0n) is 9.52. The van der Waals surface area contributed by atoms with Crippen molar-refractivity contribution in [3.05, 3.63) is 33.4 Å². The summed E-state index contributed by atoms with van der Waals surface area (Å²) in [5, 5.41) is 8.69. The zero-order valence-corrected chi connectivity index (χ0v) is 11.7. The van der Waals surface area contributed by atoms with Crippen molar-refractivity contribution in [2.75, 3.05) is 13.1 Å². The number of halogens is 1. The third-order valence-electron chi connectivity index (χ3n) is 2.36. The zero-order chi connectivity index (χ0) is 12.8. The molecule has 4 nitrogen and oxygen atoms in total. The van der Waals surface area contributed by atoms with Crippen LogP contribution in [0.5, 0.6) is 0 Å². The van der Waals surface area contributed by atoms with Gasteiger partial charge >= 0.3 is 5.97 Å². The fourth-order valence-corrected chi connectivity index (χ4v) is 2.03. The molecule has 1 rings (SSSR count). The molecule has 0 aromatic heterocycles. The quantitative estimate of drug-likeness (QED) is 0.826. The lowest BCUT2D eigenvalue weighted by Gasteiger charge is -2.18. The number of hydrogen-bond acceptors (Lipinski definition) is 2. The van der Waals surface area contributed by atoms with Crippen LogP contribution in [0.15, 0.2) is 24.3 Å². The molecule has 0 spiro atoms. The molecule has 0 aliphatic carbocycles. The van der Waals surface area contributed by atoms with Gasteiger partial charge in [-0.2, -0.15) is 0 Å². The lowest BCUT2D eigenvalue weighted by Crippen LogP contribution is -2.36. The number of benzene rings is 1. The van der Waals surface area contributed by atoms with E-state index in [1.165, 1.54) is 4.90 Å². The third-order valence-corrected chi connectivity index (χ3v) is 3.41. The van der Waals surface area contributed by atoms with Gasteiger partial charge in [-0.15, -0.1) is 0 Å². The van der Waals surface area contributed by atoms with Crippen molar-refractivity contribution < 1.29 is 14.7 Å². The van der Waals surface area contributed by atoms with Gasteiger partial charge in [-0.05, 0) is 41.1 Å². The van der Waals surface area contributed by atoms with Crippen molar-refractivity contribution in [3.8, 4) is 0 Å². The minimum Gasteiger partial charge on any atom is -0.480 e. The SMILES string of the molecule is CCN(CC(=O)O)C(=O)Cc1ccccc1I. The molecule has 0 unspecified atom stereocenters. The summed E-state index contributed by atoms with van der Waals surface area (Å²) in [7, 11) is 0. The van der Waals surface area contributed by atoms with Crippen LogP contribution in [0.1, 0.15) is 12.5 Å². The van der Waals surface area contributed by atoms with Crippen molar-refractivity contribution in [2.24, 2.45) is 0 Å². The number of likely N-dealkylation sites (N-methyl/N-ethyl adjacent to an activating group) is 1. The smallest absolute Gasteiger partial charge is 0.323 e. The molecule has 1 aromatic carbocycles. The number of hydrogen-bond donors (Lipinski definition) is 1. The van der Waals surface area contributed by atoms with Crippen LogP contribution in [-0.2, 0) is 16.0 Å². The highest BCUT2D eigenvalue weighted by Gasteiger charge is 2.15. The molecular formula is C12H14INO3. The highest BCUT2D eigenvalue weighted by molar-refractivity contribution is 14.1. The van der Waals surface area contributed by atoms with Gasteiger partial charge in [0.25, 0.3) is 0 Å². The summed E-state index contributed by atoms with van der Waals surface area (Å²) in [6, 6.07) is 7.59. The standard InChI is InChI=1S/C12H14INO3/c1-2-14(8-12(16)17)11(15)7-9-5-3-4-6-10(9)13/h3-6H,2,7-8H2,1H3,(H,16,17). The van der Waals surface area contributed by atoms with Crippen LogP contribution in [0.2, 0.25) is 0 Å². The van der Waals surface area contributed by atoms with Crippen LogP contribution >= 0.6 is 22.6 Å². The van der Waals surface area contributed by atoms with Gasteiger partial charge in [-0.25, -0.2) is 0 Å². The summed E-state index contributed by atoms with van der Waals surface area (Å²) >= 11 is 2.17. The summed E-state index contributed by atoms with van der Waals surface area (Å²) in [4.78, 5) is 23.8. The second kappa shape index (κ2) is 6.58. The molecule has 1 aromatic rings. The second-order valence-electron chi connectivity index (χ2n) is 3.57. The van der Waals surface area contributed by atoms with Crippen molar-refractivity contribution in [1.29, 1.82) is 0 Å². The minimum absolute atomic E-state index is 0.154. The minimum atomic E-state index is -0.983. The number of nitrogens with zero attached hydrogens (tertiary/aromatic N) is 1. The molecule has 0 saturated heterocycles. The monoisotopic (exact) mass is 347 g/mol. The van der Waals surface area contributed by atoms with Gasteiger partial charge in [0.2, 0.25) is 5.91 Å². The van der Waals surface area contributed by atoms with Crippen LogP contribution in [0.3, 0.4) is 0 Å². The van der Waals surface area contributed by atoms with E-state index in [2.05, 4.69) is 22.6 Å². The Morgan fingerprint density at radius 3 is 2.53 bits per heavy atom. The van der Waals surface area contributed by atoms with Gasteiger partial charge in [0, 0.05) is 10.1 Å². The molecule has 0 aliphatic heterocycles. The molecule has 1 N–H and O–H groups in total. The first-order valence-electron chi connectivity index (χ1n) is 5.27. The Labute approximate surface area is 114 Å². The van der Waals surface area contributed by atoms with E-state index in [9.17, 15) is 9.59 Å². The Kier molecular flexibility index (Phi) is 5.40. The fraction of sp³-hybridized carbons (Fsp3) is 0.333. The van der Waals surface area contributed by atoms with Crippen molar-refractivity contribution in [2.45, 2.75) is 13.3 Å². The maximum Gasteiger partial charge on any atom is 0.323 e. The molecule has 0 radical (unpaired) electrons. The summed E-state index contributed by atoms with van der Waals surface area (Å²) in [5.74, 6) is -1.14. The second-order valence-corrected chi connectivity index (χ2v) is 4.73. The Bertz CT molecular complexity index is 420. The summed E-state index contributed by atoms with van der Waals surface area (Å²) in [6.07, 6.45) is 0.250. The van der Waals surface area contributed by atoms with Gasteiger partial charge in [-0.3, -0.25) is 9.59 Å². The number of carboxylic acid groups (broad SMARTS) is 1. The molecule has 1 amide bonds. The number of aliphatic carboxylic acids is 1. The van der Waals surface area contributed by atoms with Gasteiger partial charge < -0.3 is 10.0 Å². The van der Waals surface area contributed by atoms with Crippen molar-refractivity contribution >= 4 is 34.5 Å². The molecule has 17 heavy (non-hydrogen) atoms. The van der Waals surface area contributed by atoms with E-state index in [4.69, 9.17) is 5.11 Å². The summed E-state index contributed by atoms with van der Waals surface area (Å²) in [6.45, 7) is 1.95. The largest absolute Gasteiger partial charge is 0.480 e. The number of carbonyl (C=O) groups excluding carboxylic acids is 1. The van der Waals surface area contributed by atoms with Crippen LogP contribution in [0.25, 0.3) is 0 Å². The van der Waals surface area contributed by atoms with Crippen LogP contribution in [-0.4, -0.2) is 35.0 Å². The maximum atomic E-state index is 11.9. The molecule has 5 heteroatoms. The van der Waals surface area contributed by atoms with E-state index >= 15 is 0 Å². The van der Waals surface area contributed by atoms with Crippen molar-refractivity contribution in [3.63, 3.8) is 0 Å². The maximum absolute atomic E-state index is 11.9. The highest BCUT2D eigenvalue weighted by atomic mass is 127. The Morgan fingerprint density at radius 1 is 1.35 bits per heavy atom. The lowest BCUT2D eigenvalue weighted by molar-refractivity contribution is -0.144. The first kappa shape index (κ1) is 14.0. The normalized spacial score (nSPS) is 10.0. The van der Waals surface area contributed by atoms with E-state index in [1.54, 1.807) is 6.92 Å².